The summed E-state index contributed by atoms with van der Waals surface area (Å²) in [6.07, 6.45) is -4.67. The fourth-order valence-corrected chi connectivity index (χ4v) is 2.34. The predicted octanol–water partition coefficient (Wildman–Crippen LogP) is 3.44. The fraction of sp³-hybridized carbons (Fsp3) is 0.0769. The van der Waals surface area contributed by atoms with Crippen molar-refractivity contribution in [2.75, 3.05) is 0 Å². The molecular weight excluding hydrogens is 327 g/mol. The van der Waals surface area contributed by atoms with Gasteiger partial charge in [-0.1, -0.05) is 36.4 Å². The molecule has 0 fully saturated rings. The van der Waals surface area contributed by atoms with Crippen LogP contribution in [0.5, 0.6) is 0 Å². The van der Waals surface area contributed by atoms with E-state index in [0.29, 0.717) is 11.6 Å². The quantitative estimate of drug-likeness (QED) is 0.912. The number of alkyl halides is 3. The summed E-state index contributed by atoms with van der Waals surface area (Å²) in [5.41, 5.74) is -0.776. The van der Waals surface area contributed by atoms with Crippen LogP contribution in [0.25, 0.3) is 11.1 Å². The van der Waals surface area contributed by atoms with Gasteiger partial charge in [0.2, 0.25) is 10.0 Å². The van der Waals surface area contributed by atoms with E-state index in [2.05, 4.69) is 0 Å². The maximum absolute atomic E-state index is 13.1. The largest absolute Gasteiger partial charge is 0.417 e. The number of primary sulfonamides is 1. The minimum atomic E-state index is -4.67. The van der Waals surface area contributed by atoms with Gasteiger partial charge < -0.3 is 0 Å². The highest BCUT2D eigenvalue weighted by Gasteiger charge is 2.34. The Labute approximate surface area is 126 Å². The molecule has 0 atom stereocenters. The van der Waals surface area contributed by atoms with Gasteiger partial charge >= 0.3 is 6.18 Å². The SMILES string of the molecule is Cl.NS(=O)(=O)c1ccc(-c2ccccc2)c(C(F)(F)F)c1. The molecule has 0 spiro atoms. The summed E-state index contributed by atoms with van der Waals surface area (Å²) >= 11 is 0. The Hall–Kier alpha value is -1.57. The maximum Gasteiger partial charge on any atom is 0.417 e. The first-order valence-corrected chi connectivity index (χ1v) is 7.04. The van der Waals surface area contributed by atoms with Gasteiger partial charge in [-0.2, -0.15) is 13.2 Å². The zero-order valence-electron chi connectivity index (χ0n) is 10.5. The second kappa shape index (κ2) is 6.05. The molecule has 0 heterocycles. The summed E-state index contributed by atoms with van der Waals surface area (Å²) in [6, 6.07) is 10.6. The Bertz CT molecular complexity index is 731. The average molecular weight is 338 g/mol. The average Bonchev–Trinajstić information content (AvgIpc) is 2.37. The van der Waals surface area contributed by atoms with Crippen molar-refractivity contribution in [2.45, 2.75) is 11.1 Å². The monoisotopic (exact) mass is 337 g/mol. The predicted molar refractivity (Wildman–Crippen MR) is 75.5 cm³/mol. The Morgan fingerprint density at radius 3 is 2.00 bits per heavy atom. The molecule has 2 aromatic carbocycles. The molecule has 3 nitrogen and oxygen atoms in total. The van der Waals surface area contributed by atoms with Crippen LogP contribution >= 0.6 is 12.4 Å². The summed E-state index contributed by atoms with van der Waals surface area (Å²) < 4.78 is 61.5. The second-order valence-electron chi connectivity index (χ2n) is 4.12. The van der Waals surface area contributed by atoms with Crippen molar-refractivity contribution >= 4 is 22.4 Å². The summed E-state index contributed by atoms with van der Waals surface area (Å²) in [5, 5.41) is 4.86. The molecule has 0 aliphatic heterocycles. The fourth-order valence-electron chi connectivity index (χ4n) is 1.80. The summed E-state index contributed by atoms with van der Waals surface area (Å²) in [4.78, 5) is -0.565. The van der Waals surface area contributed by atoms with Crippen molar-refractivity contribution in [3.8, 4) is 11.1 Å². The number of hydrogen-bond donors (Lipinski definition) is 1. The molecule has 2 aromatic rings. The van der Waals surface area contributed by atoms with Gasteiger partial charge in [0.15, 0.2) is 0 Å². The van der Waals surface area contributed by atoms with Crippen molar-refractivity contribution in [1.29, 1.82) is 0 Å². The first-order valence-electron chi connectivity index (χ1n) is 5.49. The summed E-state index contributed by atoms with van der Waals surface area (Å²) in [5.74, 6) is 0. The second-order valence-corrected chi connectivity index (χ2v) is 5.68. The van der Waals surface area contributed by atoms with E-state index in [1.807, 2.05) is 0 Å². The molecule has 0 aromatic heterocycles. The van der Waals surface area contributed by atoms with E-state index in [0.717, 1.165) is 12.1 Å². The third kappa shape index (κ3) is 3.96. The Kier molecular flexibility index (Phi) is 5.03. The van der Waals surface area contributed by atoms with E-state index in [1.165, 1.54) is 12.1 Å². The zero-order chi connectivity index (χ0) is 15.0. The smallest absolute Gasteiger partial charge is 0.225 e. The Morgan fingerprint density at radius 1 is 0.952 bits per heavy atom. The molecule has 0 aliphatic rings. The summed E-state index contributed by atoms with van der Waals surface area (Å²) in [7, 11) is -4.18. The van der Waals surface area contributed by atoms with Crippen molar-refractivity contribution in [3.63, 3.8) is 0 Å². The lowest BCUT2D eigenvalue weighted by Crippen LogP contribution is -2.15. The number of nitrogens with two attached hydrogens (primary N) is 1. The van der Waals surface area contributed by atoms with Gasteiger partial charge in [-0.3, -0.25) is 0 Å². The van der Waals surface area contributed by atoms with Crippen molar-refractivity contribution in [1.82, 2.24) is 0 Å². The van der Waals surface area contributed by atoms with Crippen molar-refractivity contribution in [3.05, 3.63) is 54.1 Å². The molecule has 0 saturated carbocycles. The highest BCUT2D eigenvalue weighted by Crippen LogP contribution is 2.38. The van der Waals surface area contributed by atoms with Gasteiger partial charge in [-0.25, -0.2) is 13.6 Å². The number of hydrogen-bond acceptors (Lipinski definition) is 2. The third-order valence-electron chi connectivity index (χ3n) is 2.71. The van der Waals surface area contributed by atoms with Gasteiger partial charge in [0, 0.05) is 0 Å². The van der Waals surface area contributed by atoms with Crippen LogP contribution in [0.1, 0.15) is 5.56 Å². The van der Waals surface area contributed by atoms with Crippen LogP contribution in [0.15, 0.2) is 53.4 Å². The van der Waals surface area contributed by atoms with Crippen LogP contribution in [-0.2, 0) is 16.2 Å². The number of sulfonamides is 1. The molecule has 0 radical (unpaired) electrons. The van der Waals surface area contributed by atoms with Crippen LogP contribution < -0.4 is 5.14 Å². The van der Waals surface area contributed by atoms with E-state index < -0.39 is 26.7 Å². The molecule has 8 heteroatoms. The van der Waals surface area contributed by atoms with Gasteiger partial charge in [0.25, 0.3) is 0 Å². The summed E-state index contributed by atoms with van der Waals surface area (Å²) in [6.45, 7) is 0. The first kappa shape index (κ1) is 17.5. The van der Waals surface area contributed by atoms with E-state index >= 15 is 0 Å². The number of benzene rings is 2. The third-order valence-corrected chi connectivity index (χ3v) is 3.62. The Balaban J connectivity index is 0.00000220. The maximum atomic E-state index is 13.1. The molecule has 0 aliphatic carbocycles. The lowest BCUT2D eigenvalue weighted by molar-refractivity contribution is -0.137. The molecule has 2 rings (SSSR count). The zero-order valence-corrected chi connectivity index (χ0v) is 12.1. The lowest BCUT2D eigenvalue weighted by atomic mass is 9.99. The van der Waals surface area contributed by atoms with Crippen LogP contribution in [0, 0.1) is 0 Å². The van der Waals surface area contributed by atoms with Gasteiger partial charge in [0.05, 0.1) is 10.5 Å². The lowest BCUT2D eigenvalue weighted by Gasteiger charge is -2.14. The standard InChI is InChI=1S/C13H10F3NO2S.ClH/c14-13(15,16)12-8-10(20(17,18)19)6-7-11(12)9-4-2-1-3-5-9;/h1-8H,(H2,17,18,19);1H. The minimum absolute atomic E-state index is 0. The molecule has 2 N–H and O–H groups in total. The topological polar surface area (TPSA) is 60.2 Å². The molecule has 0 unspecified atom stereocenters. The van der Waals surface area contributed by atoms with Crippen LogP contribution in [0.4, 0.5) is 13.2 Å². The molecule has 114 valence electrons. The number of halogens is 4. The molecule has 21 heavy (non-hydrogen) atoms. The van der Waals surface area contributed by atoms with E-state index in [9.17, 15) is 21.6 Å². The number of rotatable bonds is 2. The van der Waals surface area contributed by atoms with E-state index in [1.54, 1.807) is 18.2 Å². The van der Waals surface area contributed by atoms with Crippen LogP contribution in [0.3, 0.4) is 0 Å². The van der Waals surface area contributed by atoms with E-state index in [4.69, 9.17) is 5.14 Å². The van der Waals surface area contributed by atoms with Crippen LogP contribution in [-0.4, -0.2) is 8.42 Å². The first-order chi connectivity index (χ1) is 9.19. The molecule has 0 saturated heterocycles. The molecular formula is C13H11ClF3NO2S. The highest BCUT2D eigenvalue weighted by molar-refractivity contribution is 7.89. The van der Waals surface area contributed by atoms with Gasteiger partial charge in [-0.05, 0) is 23.3 Å². The highest BCUT2D eigenvalue weighted by atomic mass is 35.5. The normalized spacial score (nSPS) is 11.8. The molecule has 0 amide bonds. The van der Waals surface area contributed by atoms with Gasteiger partial charge in [-0.15, -0.1) is 12.4 Å². The Morgan fingerprint density at radius 2 is 1.52 bits per heavy atom. The van der Waals surface area contributed by atoms with Crippen molar-refractivity contribution < 1.29 is 21.6 Å². The minimum Gasteiger partial charge on any atom is -0.225 e. The van der Waals surface area contributed by atoms with Crippen LogP contribution in [0.2, 0.25) is 0 Å². The van der Waals surface area contributed by atoms with Gasteiger partial charge in [0.1, 0.15) is 0 Å². The van der Waals surface area contributed by atoms with E-state index in [-0.39, 0.29) is 18.0 Å². The van der Waals surface area contributed by atoms with Crippen molar-refractivity contribution in [2.24, 2.45) is 5.14 Å². The molecule has 0 bridgehead atoms.